The summed E-state index contributed by atoms with van der Waals surface area (Å²) in [7, 11) is 0. The molecule has 0 heteroatoms. The summed E-state index contributed by atoms with van der Waals surface area (Å²) in [5, 5.41) is 0. The number of benzene rings is 3. The molecule has 170 valence electrons. The van der Waals surface area contributed by atoms with Crippen LogP contribution in [-0.2, 0) is 22.7 Å². The Kier molecular flexibility index (Phi) is 4.55. The minimum atomic E-state index is 0.215. The molecular formula is C33H38. The summed E-state index contributed by atoms with van der Waals surface area (Å²) in [6.45, 7) is 11.5. The molecule has 2 saturated carbocycles. The third kappa shape index (κ3) is 2.89. The molecule has 3 atom stereocenters. The van der Waals surface area contributed by atoms with Crippen molar-refractivity contribution in [2.24, 2.45) is 5.92 Å². The van der Waals surface area contributed by atoms with Gasteiger partial charge in [0.1, 0.15) is 0 Å². The van der Waals surface area contributed by atoms with Gasteiger partial charge >= 0.3 is 0 Å². The Morgan fingerprint density at radius 1 is 0.758 bits per heavy atom. The van der Waals surface area contributed by atoms with Crippen LogP contribution in [0.2, 0.25) is 0 Å². The fourth-order valence-corrected chi connectivity index (χ4v) is 8.12. The molecule has 0 spiro atoms. The first-order valence-corrected chi connectivity index (χ1v) is 13.1. The Balaban J connectivity index is 1.50. The summed E-state index contributed by atoms with van der Waals surface area (Å²) in [4.78, 5) is 0. The monoisotopic (exact) mass is 434 g/mol. The topological polar surface area (TPSA) is 0 Å². The highest BCUT2D eigenvalue weighted by Crippen LogP contribution is 2.71. The molecular weight excluding hydrogens is 396 g/mol. The van der Waals surface area contributed by atoms with Gasteiger partial charge in [-0.3, -0.25) is 0 Å². The molecule has 1 unspecified atom stereocenters. The van der Waals surface area contributed by atoms with Crippen LogP contribution in [-0.4, -0.2) is 0 Å². The highest BCUT2D eigenvalue weighted by Gasteiger charge is 2.66. The first-order chi connectivity index (χ1) is 15.7. The van der Waals surface area contributed by atoms with Gasteiger partial charge in [-0.05, 0) is 90.7 Å². The van der Waals surface area contributed by atoms with Crippen molar-refractivity contribution in [3.63, 3.8) is 0 Å². The Hall–Kier alpha value is -2.34. The zero-order valence-electron chi connectivity index (χ0n) is 21.1. The highest BCUT2D eigenvalue weighted by molar-refractivity contribution is 5.79. The van der Waals surface area contributed by atoms with Crippen LogP contribution in [0.5, 0.6) is 0 Å². The Morgan fingerprint density at radius 2 is 1.39 bits per heavy atom. The molecule has 0 nitrogen and oxygen atoms in total. The van der Waals surface area contributed by atoms with Crippen molar-refractivity contribution in [2.45, 2.75) is 89.4 Å². The zero-order valence-corrected chi connectivity index (χ0v) is 21.1. The number of aryl methyl sites for hydroxylation is 2. The molecule has 0 heterocycles. The van der Waals surface area contributed by atoms with E-state index >= 15 is 0 Å². The summed E-state index contributed by atoms with van der Waals surface area (Å²) in [5.41, 5.74) is 13.0. The van der Waals surface area contributed by atoms with E-state index in [9.17, 15) is 0 Å². The lowest BCUT2D eigenvalue weighted by molar-refractivity contribution is 0.232. The van der Waals surface area contributed by atoms with Crippen molar-refractivity contribution in [3.05, 3.63) is 94.0 Å². The lowest BCUT2D eigenvalue weighted by atomic mass is 9.52. The van der Waals surface area contributed by atoms with E-state index in [4.69, 9.17) is 0 Å². The van der Waals surface area contributed by atoms with Crippen LogP contribution < -0.4 is 0 Å². The maximum atomic E-state index is 2.57. The van der Waals surface area contributed by atoms with Crippen LogP contribution in [0.1, 0.15) is 86.3 Å². The van der Waals surface area contributed by atoms with Gasteiger partial charge in [0, 0.05) is 10.8 Å². The summed E-state index contributed by atoms with van der Waals surface area (Å²) in [5.74, 6) is 0.717. The molecule has 33 heavy (non-hydrogen) atoms. The van der Waals surface area contributed by atoms with E-state index in [2.05, 4.69) is 95.3 Å². The van der Waals surface area contributed by atoms with E-state index in [0.717, 1.165) is 5.92 Å². The predicted molar refractivity (Wildman–Crippen MR) is 140 cm³/mol. The van der Waals surface area contributed by atoms with Gasteiger partial charge in [-0.1, -0.05) is 99.0 Å². The molecule has 6 rings (SSSR count). The van der Waals surface area contributed by atoms with Gasteiger partial charge in [-0.2, -0.15) is 0 Å². The fraction of sp³-hybridized carbons (Fsp3) is 0.455. The minimum Gasteiger partial charge on any atom is -0.0587 e. The third-order valence-corrected chi connectivity index (χ3v) is 9.58. The van der Waals surface area contributed by atoms with Crippen molar-refractivity contribution in [1.29, 1.82) is 0 Å². The van der Waals surface area contributed by atoms with Gasteiger partial charge in [-0.15, -0.1) is 0 Å². The lowest BCUT2D eigenvalue weighted by Gasteiger charge is -2.50. The first kappa shape index (κ1) is 21.2. The molecule has 3 aromatic carbocycles. The van der Waals surface area contributed by atoms with Crippen LogP contribution in [0.25, 0.3) is 11.1 Å². The molecule has 3 aromatic rings. The van der Waals surface area contributed by atoms with Crippen molar-refractivity contribution < 1.29 is 0 Å². The van der Waals surface area contributed by atoms with Gasteiger partial charge < -0.3 is 0 Å². The average molecular weight is 435 g/mol. The molecule has 0 N–H and O–H groups in total. The standard InChI is InChI=1S/C33H38/c1-22-7-13-27-28-14-8-23(2)20-30(28)33-17-6-16-32(33,29(27)19-22)18-15-26(33)21-24-9-11-25(12-10-24)31(3,4)5/h7-14,19-20,26H,6,15-18,21H2,1-5H3/t26?,32-,33+/m1/s1. The van der Waals surface area contributed by atoms with E-state index in [-0.39, 0.29) is 10.8 Å². The van der Waals surface area contributed by atoms with E-state index < -0.39 is 0 Å². The summed E-state index contributed by atoms with van der Waals surface area (Å²) < 4.78 is 0. The SMILES string of the molecule is Cc1ccc2c(c1)[C@]13CCC[C@@]1(c1cc(C)ccc1-2)C(Cc1ccc(C(C)(C)C)cc1)CC3. The summed E-state index contributed by atoms with van der Waals surface area (Å²) >= 11 is 0. The van der Waals surface area contributed by atoms with E-state index in [1.807, 2.05) is 0 Å². The van der Waals surface area contributed by atoms with Gasteiger partial charge in [0.2, 0.25) is 0 Å². The third-order valence-electron chi connectivity index (χ3n) is 9.58. The number of rotatable bonds is 2. The van der Waals surface area contributed by atoms with Crippen molar-refractivity contribution in [2.75, 3.05) is 0 Å². The van der Waals surface area contributed by atoms with Crippen LogP contribution in [0, 0.1) is 19.8 Å². The first-order valence-electron chi connectivity index (χ1n) is 13.1. The quantitative estimate of drug-likeness (QED) is 0.379. The largest absolute Gasteiger partial charge is 0.0587 e. The van der Waals surface area contributed by atoms with Gasteiger partial charge in [0.15, 0.2) is 0 Å². The minimum absolute atomic E-state index is 0.215. The molecule has 0 aliphatic heterocycles. The Bertz CT molecular complexity index is 1220. The lowest BCUT2D eigenvalue weighted by Crippen LogP contribution is -2.47. The van der Waals surface area contributed by atoms with Crippen LogP contribution in [0.15, 0.2) is 60.7 Å². The number of hydrogen-bond acceptors (Lipinski definition) is 0. The van der Waals surface area contributed by atoms with Crippen LogP contribution in [0.4, 0.5) is 0 Å². The van der Waals surface area contributed by atoms with E-state index in [1.54, 1.807) is 11.1 Å². The van der Waals surface area contributed by atoms with Gasteiger partial charge in [0.05, 0.1) is 0 Å². The maximum absolute atomic E-state index is 2.57. The van der Waals surface area contributed by atoms with Crippen LogP contribution in [0.3, 0.4) is 0 Å². The van der Waals surface area contributed by atoms with Gasteiger partial charge in [-0.25, -0.2) is 0 Å². The molecule has 0 bridgehead atoms. The second kappa shape index (κ2) is 7.08. The Labute approximate surface area is 200 Å². The molecule has 3 aliphatic rings. The molecule has 2 fully saturated rings. The van der Waals surface area contributed by atoms with Crippen molar-refractivity contribution in [3.8, 4) is 11.1 Å². The number of fused-ring (bicyclic) bond motifs is 3. The molecule has 3 aliphatic carbocycles. The second-order valence-corrected chi connectivity index (χ2v) is 12.4. The smallest absolute Gasteiger partial charge is 0.00876 e. The highest BCUT2D eigenvalue weighted by atomic mass is 14.7. The van der Waals surface area contributed by atoms with E-state index in [1.165, 1.54) is 71.9 Å². The molecule has 0 aromatic heterocycles. The second-order valence-electron chi connectivity index (χ2n) is 12.4. The number of hydrogen-bond donors (Lipinski definition) is 0. The average Bonchev–Trinajstić information content (AvgIpc) is 3.31. The van der Waals surface area contributed by atoms with Crippen molar-refractivity contribution in [1.82, 2.24) is 0 Å². The molecule has 0 saturated heterocycles. The van der Waals surface area contributed by atoms with Crippen molar-refractivity contribution >= 4 is 0 Å². The van der Waals surface area contributed by atoms with Crippen LogP contribution >= 0.6 is 0 Å². The van der Waals surface area contributed by atoms with E-state index in [0.29, 0.717) is 5.41 Å². The maximum Gasteiger partial charge on any atom is 0.00876 e. The zero-order chi connectivity index (χ0) is 23.0. The van der Waals surface area contributed by atoms with Gasteiger partial charge in [0.25, 0.3) is 0 Å². The normalized spacial score (nSPS) is 27.6. The predicted octanol–water partition coefficient (Wildman–Crippen LogP) is 8.59. The Morgan fingerprint density at radius 3 is 2.06 bits per heavy atom. The molecule has 0 radical (unpaired) electrons. The fourth-order valence-electron chi connectivity index (χ4n) is 8.12. The summed E-state index contributed by atoms with van der Waals surface area (Å²) in [6, 6.07) is 24.2. The summed E-state index contributed by atoms with van der Waals surface area (Å²) in [6.07, 6.45) is 7.97. The molecule has 0 amide bonds.